The quantitative estimate of drug-likeness (QED) is 0.0764. The predicted molar refractivity (Wildman–Crippen MR) is 145 cm³/mol. The Balaban J connectivity index is 1.22. The molecular formula is C20H26N10O13P2. The third-order valence-corrected chi connectivity index (χ3v) is 8.55. The first-order valence-corrected chi connectivity index (χ1v) is 15.6. The largest absolute Gasteiger partial charge is 0.472 e. The normalized spacial score (nSPS) is 30.7. The third-order valence-electron chi connectivity index (χ3n) is 7.09. The van der Waals surface area contributed by atoms with Gasteiger partial charge in [0.2, 0.25) is 5.95 Å². The van der Waals surface area contributed by atoms with Crippen LogP contribution in [0.1, 0.15) is 18.0 Å². The van der Waals surface area contributed by atoms with Gasteiger partial charge in [0.15, 0.2) is 28.9 Å². The van der Waals surface area contributed by atoms with Gasteiger partial charge < -0.3 is 50.6 Å². The minimum Gasteiger partial charge on any atom is -0.394 e. The number of aliphatic hydroxyl groups excluding tert-OH is 3. The Morgan fingerprint density at radius 1 is 1.11 bits per heavy atom. The number of nitrogens with two attached hydrogens (primary N) is 2. The van der Waals surface area contributed by atoms with E-state index >= 15 is 0 Å². The van der Waals surface area contributed by atoms with Crippen molar-refractivity contribution in [3.8, 4) is 0 Å². The molecule has 0 amide bonds. The lowest BCUT2D eigenvalue weighted by atomic mass is 10.1. The van der Waals surface area contributed by atoms with Crippen molar-refractivity contribution >= 4 is 44.7 Å². The van der Waals surface area contributed by atoms with Gasteiger partial charge in [-0.3, -0.25) is 28.0 Å². The minimum atomic E-state index is -5.17. The first kappa shape index (κ1) is 31.5. The number of ether oxygens (including phenoxy) is 2. The summed E-state index contributed by atoms with van der Waals surface area (Å²) in [6.07, 6.45) is -8.57. The third kappa shape index (κ3) is 5.85. The fourth-order valence-electron chi connectivity index (χ4n) is 5.11. The molecule has 2 saturated heterocycles. The topological polar surface area (TPSA) is 340 Å². The summed E-state index contributed by atoms with van der Waals surface area (Å²) in [6, 6.07) is 0. The maximum absolute atomic E-state index is 13.1. The molecule has 0 bridgehead atoms. The van der Waals surface area contributed by atoms with E-state index in [1.165, 1.54) is 10.7 Å². The van der Waals surface area contributed by atoms with Gasteiger partial charge in [-0.1, -0.05) is 0 Å². The summed E-state index contributed by atoms with van der Waals surface area (Å²) in [4.78, 5) is 50.4. The van der Waals surface area contributed by atoms with Crippen molar-refractivity contribution in [3.05, 3.63) is 34.9 Å². The molecule has 0 aliphatic carbocycles. The van der Waals surface area contributed by atoms with Crippen LogP contribution in [0.15, 0.2) is 23.6 Å². The van der Waals surface area contributed by atoms with Crippen LogP contribution in [0.25, 0.3) is 16.8 Å². The molecule has 10 atom stereocenters. The van der Waals surface area contributed by atoms with Crippen LogP contribution < -0.4 is 17.0 Å². The van der Waals surface area contributed by atoms with Crippen LogP contribution >= 0.6 is 16.1 Å². The minimum absolute atomic E-state index is 0.0183. The van der Waals surface area contributed by atoms with Crippen molar-refractivity contribution in [2.24, 2.45) is 0 Å². The van der Waals surface area contributed by atoms with Gasteiger partial charge in [0.05, 0.1) is 31.4 Å². The number of anilines is 2. The second-order valence-electron chi connectivity index (χ2n) is 9.85. The lowest BCUT2D eigenvalue weighted by molar-refractivity contribution is -0.0546. The van der Waals surface area contributed by atoms with E-state index in [1.54, 1.807) is 0 Å². The van der Waals surface area contributed by atoms with Gasteiger partial charge in [-0.05, 0) is 0 Å². The number of rotatable bonds is 10. The molecule has 23 nitrogen and oxygen atoms in total. The summed E-state index contributed by atoms with van der Waals surface area (Å²) in [6.45, 7) is -1.57. The van der Waals surface area contributed by atoms with Crippen molar-refractivity contribution in [2.75, 3.05) is 24.7 Å². The van der Waals surface area contributed by atoms with Crippen molar-refractivity contribution in [2.45, 2.75) is 49.0 Å². The van der Waals surface area contributed by atoms with E-state index in [2.05, 4.69) is 30.0 Å². The van der Waals surface area contributed by atoms with E-state index in [4.69, 9.17) is 34.5 Å². The van der Waals surface area contributed by atoms with Gasteiger partial charge >= 0.3 is 16.1 Å². The molecule has 25 heteroatoms. The number of imidazole rings is 2. The van der Waals surface area contributed by atoms with Gasteiger partial charge in [-0.15, -0.1) is 0 Å². The zero-order valence-corrected chi connectivity index (χ0v) is 24.4. The number of phosphoric ester groups is 1. The summed E-state index contributed by atoms with van der Waals surface area (Å²) < 4.78 is 53.8. The van der Waals surface area contributed by atoms with Crippen molar-refractivity contribution in [1.82, 2.24) is 39.1 Å². The summed E-state index contributed by atoms with van der Waals surface area (Å²) in [5.41, 5.74) is 10.7. The number of H-pyrrole nitrogens is 1. The van der Waals surface area contributed by atoms with Gasteiger partial charge in [-0.2, -0.15) is 10.1 Å². The number of hydrogen-bond donors (Lipinski definition) is 8. The van der Waals surface area contributed by atoms with Crippen LogP contribution in [0.2, 0.25) is 0 Å². The smallest absolute Gasteiger partial charge is 0.394 e. The molecule has 0 saturated carbocycles. The zero-order chi connectivity index (χ0) is 32.2. The van der Waals surface area contributed by atoms with Crippen molar-refractivity contribution in [3.63, 3.8) is 0 Å². The molecule has 6 rings (SSSR count). The highest BCUT2D eigenvalue weighted by Crippen LogP contribution is 2.50. The summed E-state index contributed by atoms with van der Waals surface area (Å²) in [7, 11) is -8.83. The molecule has 2 unspecified atom stereocenters. The first-order valence-electron chi connectivity index (χ1n) is 12.9. The molecular weight excluding hydrogens is 650 g/mol. The van der Waals surface area contributed by atoms with Crippen LogP contribution in [0.4, 0.5) is 11.8 Å². The van der Waals surface area contributed by atoms with E-state index in [9.17, 15) is 39.0 Å². The SMILES string of the molecule is Nc1nc2c(ncn2[C@@H]2O[C@H](CO)[C@@H](O)[C@H]2OP(=O)(O)OC[C@H]2O[C@@H](c3cnc4c(N)ncnn34)[C@H](O)[C@@H]2O[PH](=O)O)c(=O)[nH]1. The van der Waals surface area contributed by atoms with Gasteiger partial charge in [0.1, 0.15) is 49.1 Å². The monoisotopic (exact) mass is 676 g/mol. The summed E-state index contributed by atoms with van der Waals surface area (Å²) >= 11 is 0. The number of nitrogens with zero attached hydrogens (tertiary/aromatic N) is 7. The number of nitrogens with one attached hydrogen (secondary N) is 1. The molecule has 4 aromatic heterocycles. The van der Waals surface area contributed by atoms with Crippen LogP contribution in [0, 0.1) is 0 Å². The van der Waals surface area contributed by atoms with Crippen LogP contribution in [0.5, 0.6) is 0 Å². The van der Waals surface area contributed by atoms with Gasteiger partial charge in [0, 0.05) is 0 Å². The number of fused-ring (bicyclic) bond motifs is 2. The molecule has 2 fully saturated rings. The molecule has 10 N–H and O–H groups in total. The molecule has 45 heavy (non-hydrogen) atoms. The average Bonchev–Trinajstić information content (AvgIpc) is 3.73. The number of aliphatic hydroxyl groups is 3. The number of phosphoric acid groups is 1. The van der Waals surface area contributed by atoms with E-state index < -0.39 is 83.8 Å². The van der Waals surface area contributed by atoms with Crippen LogP contribution in [-0.2, 0) is 32.2 Å². The molecule has 2 aliphatic heterocycles. The van der Waals surface area contributed by atoms with Crippen molar-refractivity contribution in [1.29, 1.82) is 0 Å². The van der Waals surface area contributed by atoms with Gasteiger partial charge in [-0.25, -0.2) is 24.0 Å². The highest BCUT2D eigenvalue weighted by atomic mass is 31.2. The van der Waals surface area contributed by atoms with E-state index in [0.29, 0.717) is 0 Å². The highest BCUT2D eigenvalue weighted by Gasteiger charge is 2.51. The maximum atomic E-state index is 13.1. The Morgan fingerprint density at radius 3 is 2.62 bits per heavy atom. The Bertz CT molecular complexity index is 1850. The first-order chi connectivity index (χ1) is 21.4. The lowest BCUT2D eigenvalue weighted by Crippen LogP contribution is -2.36. The zero-order valence-electron chi connectivity index (χ0n) is 22.5. The Morgan fingerprint density at radius 2 is 1.89 bits per heavy atom. The second-order valence-corrected chi connectivity index (χ2v) is 12.0. The molecule has 4 aromatic rings. The fraction of sp³-hybridized carbons (Fsp3) is 0.500. The molecule has 244 valence electrons. The number of nitrogen functional groups attached to an aromatic ring is 2. The number of aromatic amines is 1. The molecule has 2 aliphatic rings. The number of aromatic nitrogens is 8. The lowest BCUT2D eigenvalue weighted by Gasteiger charge is -2.25. The van der Waals surface area contributed by atoms with Crippen LogP contribution in [0.3, 0.4) is 0 Å². The Kier molecular flexibility index (Phi) is 8.45. The van der Waals surface area contributed by atoms with Crippen LogP contribution in [-0.4, -0.2) is 114 Å². The standard InChI is InChI=1S/C20H26N10O13P2/c21-15-17-23-1-6(30(17)26-4-24-15)12-11(33)13(42-44(35)36)8(40-12)3-39-45(37,38)43-14-10(32)7(2-31)41-19(14)29-5-25-9-16(29)27-20(22)28-18(9)34/h1,4-5,7-8,10-14,19,31-33,44H,2-3H2,(H,35,36)(H,37,38)(H2,21,24,26)(H3,22,27,28,34)/t7-,8-,10-,11+,12+,13-,14-,19-/m1/s1. The Hall–Kier alpha value is -3.44. The van der Waals surface area contributed by atoms with Gasteiger partial charge in [0.25, 0.3) is 5.56 Å². The molecule has 0 aromatic carbocycles. The van der Waals surface area contributed by atoms with E-state index in [-0.39, 0.29) is 34.3 Å². The molecule has 0 spiro atoms. The summed E-state index contributed by atoms with van der Waals surface area (Å²) in [5.74, 6) is -0.260. The number of hydrogen-bond acceptors (Lipinski definition) is 18. The average molecular weight is 676 g/mol. The molecule has 6 heterocycles. The van der Waals surface area contributed by atoms with Crippen molar-refractivity contribution < 1.29 is 57.3 Å². The Labute approximate surface area is 249 Å². The molecule has 0 radical (unpaired) electrons. The van der Waals surface area contributed by atoms with E-state index in [0.717, 1.165) is 17.2 Å². The van der Waals surface area contributed by atoms with E-state index in [1.807, 2.05) is 0 Å². The second kappa shape index (κ2) is 12.1. The maximum Gasteiger partial charge on any atom is 0.472 e. The fourth-order valence-corrected chi connectivity index (χ4v) is 6.57. The predicted octanol–water partition coefficient (Wildman–Crippen LogP) is -3.26. The summed E-state index contributed by atoms with van der Waals surface area (Å²) in [5, 5.41) is 35.4. The highest BCUT2D eigenvalue weighted by molar-refractivity contribution is 7.47.